The van der Waals surface area contributed by atoms with E-state index in [0.717, 1.165) is 4.88 Å². The normalized spacial score (nSPS) is 13.6. The average Bonchev–Trinajstić information content (AvgIpc) is 2.96. The molecule has 0 amide bonds. The van der Waals surface area contributed by atoms with Crippen LogP contribution in [-0.4, -0.2) is 18.2 Å². The minimum absolute atomic E-state index is 0.0525. The van der Waals surface area contributed by atoms with E-state index in [1.54, 1.807) is 14.0 Å². The highest BCUT2D eigenvalue weighted by atomic mass is 35.5. The summed E-state index contributed by atoms with van der Waals surface area (Å²) < 4.78 is 29.1. The van der Waals surface area contributed by atoms with E-state index in [4.69, 9.17) is 11.6 Å². The zero-order chi connectivity index (χ0) is 14.9. The molecule has 0 aliphatic rings. The number of aryl methyl sites for hydroxylation is 2. The first kappa shape index (κ1) is 15.5. The summed E-state index contributed by atoms with van der Waals surface area (Å²) in [6.07, 6.45) is 0.663. The highest BCUT2D eigenvalue weighted by Crippen LogP contribution is 2.28. The first-order valence-corrected chi connectivity index (χ1v) is 8.85. The number of nitrogens with one attached hydrogen (secondary N) is 1. The summed E-state index contributed by atoms with van der Waals surface area (Å²) in [5, 5.41) is 6.09. The van der Waals surface area contributed by atoms with Crippen LogP contribution in [0, 0.1) is 6.92 Å². The second-order valence-corrected chi connectivity index (χ2v) is 7.41. The summed E-state index contributed by atoms with van der Waals surface area (Å²) in [5.41, 5.74) is 0.394. The van der Waals surface area contributed by atoms with Gasteiger partial charge in [0.05, 0.1) is 11.7 Å². The SMILES string of the molecule is CC[C@@H](NS(=O)(=O)c1c(C)nn(C)c1Cl)c1cccs1. The van der Waals surface area contributed by atoms with Gasteiger partial charge in [0.2, 0.25) is 10.0 Å². The Bertz CT molecular complexity index is 693. The Balaban J connectivity index is 2.36. The summed E-state index contributed by atoms with van der Waals surface area (Å²) >= 11 is 7.56. The molecular formula is C12H16ClN3O2S2. The Labute approximate surface area is 127 Å². The molecule has 0 saturated heterocycles. The minimum atomic E-state index is -3.70. The van der Waals surface area contributed by atoms with Crippen molar-refractivity contribution in [1.82, 2.24) is 14.5 Å². The maximum Gasteiger partial charge on any atom is 0.246 e. The quantitative estimate of drug-likeness (QED) is 0.915. The second-order valence-electron chi connectivity index (χ2n) is 4.43. The predicted octanol–water partition coefficient (Wildman–Crippen LogP) is 2.87. The van der Waals surface area contributed by atoms with Crippen LogP contribution in [0.2, 0.25) is 5.15 Å². The van der Waals surface area contributed by atoms with Crippen LogP contribution in [0.25, 0.3) is 0 Å². The van der Waals surface area contributed by atoms with Crippen LogP contribution in [0.1, 0.15) is 30.0 Å². The number of hydrogen-bond acceptors (Lipinski definition) is 4. The van der Waals surface area contributed by atoms with Crippen LogP contribution in [0.3, 0.4) is 0 Å². The van der Waals surface area contributed by atoms with Crippen molar-refractivity contribution in [2.75, 3.05) is 0 Å². The van der Waals surface area contributed by atoms with Crippen molar-refractivity contribution in [2.45, 2.75) is 31.2 Å². The minimum Gasteiger partial charge on any atom is -0.255 e. The van der Waals surface area contributed by atoms with Crippen molar-refractivity contribution in [2.24, 2.45) is 7.05 Å². The van der Waals surface area contributed by atoms with Gasteiger partial charge in [0, 0.05) is 11.9 Å². The van der Waals surface area contributed by atoms with E-state index in [2.05, 4.69) is 9.82 Å². The van der Waals surface area contributed by atoms with E-state index in [9.17, 15) is 8.42 Å². The van der Waals surface area contributed by atoms with Crippen molar-refractivity contribution in [1.29, 1.82) is 0 Å². The molecule has 0 aliphatic heterocycles. The average molecular weight is 334 g/mol. The first-order valence-electron chi connectivity index (χ1n) is 6.11. The number of thiophene rings is 1. The number of aromatic nitrogens is 2. The molecule has 0 unspecified atom stereocenters. The maximum absolute atomic E-state index is 12.5. The summed E-state index contributed by atoms with van der Waals surface area (Å²) in [6, 6.07) is 3.56. The van der Waals surface area contributed by atoms with E-state index >= 15 is 0 Å². The molecule has 2 aromatic heterocycles. The van der Waals surface area contributed by atoms with Gasteiger partial charge >= 0.3 is 0 Å². The third-order valence-corrected chi connectivity index (χ3v) is 6.11. The van der Waals surface area contributed by atoms with E-state index in [0.29, 0.717) is 12.1 Å². The van der Waals surface area contributed by atoms with Crippen molar-refractivity contribution < 1.29 is 8.42 Å². The predicted molar refractivity (Wildman–Crippen MR) is 80.6 cm³/mol. The number of rotatable bonds is 5. The lowest BCUT2D eigenvalue weighted by Crippen LogP contribution is -2.28. The molecule has 2 rings (SSSR count). The molecule has 1 atom stereocenters. The Morgan fingerprint density at radius 2 is 2.25 bits per heavy atom. The van der Waals surface area contributed by atoms with Crippen LogP contribution in [0.15, 0.2) is 22.4 Å². The molecule has 0 radical (unpaired) electrons. The van der Waals surface area contributed by atoms with Crippen molar-refractivity contribution in [3.8, 4) is 0 Å². The van der Waals surface area contributed by atoms with Gasteiger partial charge in [0.1, 0.15) is 10.0 Å². The van der Waals surface area contributed by atoms with Crippen molar-refractivity contribution >= 4 is 33.0 Å². The molecule has 5 nitrogen and oxygen atoms in total. The number of halogens is 1. The fourth-order valence-corrected chi connectivity index (χ4v) is 4.98. The van der Waals surface area contributed by atoms with Gasteiger partial charge in [-0.05, 0) is 24.8 Å². The van der Waals surface area contributed by atoms with Gasteiger partial charge in [-0.15, -0.1) is 11.3 Å². The van der Waals surface area contributed by atoms with Crippen LogP contribution >= 0.6 is 22.9 Å². The third kappa shape index (κ3) is 2.90. The molecular weight excluding hydrogens is 318 g/mol. The molecule has 0 spiro atoms. The fraction of sp³-hybridized carbons (Fsp3) is 0.417. The van der Waals surface area contributed by atoms with Crippen LogP contribution in [0.5, 0.6) is 0 Å². The molecule has 8 heteroatoms. The van der Waals surface area contributed by atoms with Gasteiger partial charge in [-0.3, -0.25) is 4.68 Å². The van der Waals surface area contributed by atoms with E-state index in [1.807, 2.05) is 24.4 Å². The lowest BCUT2D eigenvalue weighted by molar-refractivity contribution is 0.552. The first-order chi connectivity index (χ1) is 9.36. The summed E-state index contributed by atoms with van der Waals surface area (Å²) in [6.45, 7) is 3.57. The molecule has 2 heterocycles. The monoisotopic (exact) mass is 333 g/mol. The van der Waals surface area contributed by atoms with Gasteiger partial charge in [-0.2, -0.15) is 5.10 Å². The maximum atomic E-state index is 12.5. The topological polar surface area (TPSA) is 64.0 Å². The van der Waals surface area contributed by atoms with Crippen molar-refractivity contribution in [3.05, 3.63) is 33.2 Å². The Kier molecular flexibility index (Phi) is 4.53. The van der Waals surface area contributed by atoms with E-state index < -0.39 is 10.0 Å². The lowest BCUT2D eigenvalue weighted by atomic mass is 10.2. The Morgan fingerprint density at radius 1 is 1.55 bits per heavy atom. The van der Waals surface area contributed by atoms with E-state index in [1.165, 1.54) is 16.0 Å². The molecule has 0 saturated carbocycles. The van der Waals surface area contributed by atoms with Crippen molar-refractivity contribution in [3.63, 3.8) is 0 Å². The van der Waals surface area contributed by atoms with Gasteiger partial charge in [0.15, 0.2) is 0 Å². The van der Waals surface area contributed by atoms with Gasteiger partial charge in [0.25, 0.3) is 0 Å². The zero-order valence-corrected chi connectivity index (χ0v) is 13.8. The summed E-state index contributed by atoms with van der Waals surface area (Å²) in [7, 11) is -2.08. The molecule has 0 bridgehead atoms. The highest BCUT2D eigenvalue weighted by Gasteiger charge is 2.28. The molecule has 2 aromatic rings. The molecule has 0 fully saturated rings. The molecule has 20 heavy (non-hydrogen) atoms. The molecule has 1 N–H and O–H groups in total. The second kappa shape index (κ2) is 5.85. The third-order valence-electron chi connectivity index (χ3n) is 2.96. The molecule has 0 aliphatic carbocycles. The fourth-order valence-electron chi connectivity index (χ4n) is 1.99. The standard InChI is InChI=1S/C12H16ClN3O2S2/c1-4-9(10-6-5-7-19-10)15-20(17,18)11-8(2)14-16(3)12(11)13/h5-7,9,15H,4H2,1-3H3/t9-/m1/s1. The number of sulfonamides is 1. The molecule has 110 valence electrons. The summed E-state index contributed by atoms with van der Waals surface area (Å²) in [4.78, 5) is 1.03. The zero-order valence-electron chi connectivity index (χ0n) is 11.4. The van der Waals surface area contributed by atoms with Gasteiger partial charge < -0.3 is 0 Å². The number of nitrogens with zero attached hydrogens (tertiary/aromatic N) is 2. The summed E-state index contributed by atoms with van der Waals surface area (Å²) in [5.74, 6) is 0. The Morgan fingerprint density at radius 3 is 2.70 bits per heavy atom. The van der Waals surface area contributed by atoms with Crippen LogP contribution < -0.4 is 4.72 Å². The highest BCUT2D eigenvalue weighted by molar-refractivity contribution is 7.89. The van der Waals surface area contributed by atoms with Gasteiger partial charge in [-0.25, -0.2) is 13.1 Å². The number of hydrogen-bond donors (Lipinski definition) is 1. The van der Waals surface area contributed by atoms with E-state index in [-0.39, 0.29) is 16.1 Å². The largest absolute Gasteiger partial charge is 0.255 e. The van der Waals surface area contributed by atoms with Gasteiger partial charge in [-0.1, -0.05) is 24.6 Å². The Hall–Kier alpha value is -0.890. The van der Waals surface area contributed by atoms with Crippen LogP contribution in [-0.2, 0) is 17.1 Å². The lowest BCUT2D eigenvalue weighted by Gasteiger charge is -2.15. The smallest absolute Gasteiger partial charge is 0.246 e. The van der Waals surface area contributed by atoms with Crippen LogP contribution in [0.4, 0.5) is 0 Å². The molecule has 0 aromatic carbocycles.